The summed E-state index contributed by atoms with van der Waals surface area (Å²) in [5.74, 6) is -9.87. The summed E-state index contributed by atoms with van der Waals surface area (Å²) in [6.45, 7) is 0.104. The number of hydrogen-bond donors (Lipinski definition) is 1. The van der Waals surface area contributed by atoms with Crippen LogP contribution in [0.5, 0.6) is 0 Å². The van der Waals surface area contributed by atoms with Crippen LogP contribution in [-0.2, 0) is 19.3 Å². The largest absolute Gasteiger partial charge is 0.324 e. The molecule has 0 aliphatic rings. The molecule has 0 saturated heterocycles. The SMILES string of the molecule is Cn1c(CN)nnc1SCc1c(F)c(F)c(F)c(F)c1F. The number of nitrogens with zero attached hydrogens (tertiary/aromatic N) is 3. The molecule has 1 aromatic heterocycles. The number of halogens is 5. The summed E-state index contributed by atoms with van der Waals surface area (Å²) in [5, 5.41) is 7.67. The fourth-order valence-electron chi connectivity index (χ4n) is 1.56. The molecule has 10 heteroatoms. The molecule has 4 nitrogen and oxygen atoms in total. The molecule has 114 valence electrons. The van der Waals surface area contributed by atoms with Gasteiger partial charge < -0.3 is 10.3 Å². The molecule has 0 spiro atoms. The number of nitrogens with two attached hydrogens (primary N) is 1. The topological polar surface area (TPSA) is 56.7 Å². The Hall–Kier alpha value is -1.68. The molecule has 1 aromatic carbocycles. The van der Waals surface area contributed by atoms with Gasteiger partial charge in [0.25, 0.3) is 0 Å². The van der Waals surface area contributed by atoms with Crippen molar-refractivity contribution in [1.29, 1.82) is 0 Å². The molecule has 0 aliphatic carbocycles. The summed E-state index contributed by atoms with van der Waals surface area (Å²) in [6.07, 6.45) is 0. The molecule has 0 bridgehead atoms. The lowest BCUT2D eigenvalue weighted by Crippen LogP contribution is -2.07. The van der Waals surface area contributed by atoms with Crippen molar-refractivity contribution >= 4 is 11.8 Å². The third kappa shape index (κ3) is 2.72. The zero-order chi connectivity index (χ0) is 15.7. The predicted octanol–water partition coefficient (Wildman–Crippen LogP) is 2.26. The van der Waals surface area contributed by atoms with Crippen LogP contribution in [0.1, 0.15) is 11.4 Å². The highest BCUT2D eigenvalue weighted by Crippen LogP contribution is 2.28. The molecule has 2 aromatic rings. The van der Waals surface area contributed by atoms with E-state index in [0.717, 1.165) is 11.8 Å². The first-order valence-electron chi connectivity index (χ1n) is 5.59. The van der Waals surface area contributed by atoms with E-state index in [0.29, 0.717) is 5.82 Å². The number of rotatable bonds is 4. The summed E-state index contributed by atoms with van der Waals surface area (Å²) in [6, 6.07) is 0. The zero-order valence-corrected chi connectivity index (χ0v) is 11.4. The second-order valence-electron chi connectivity index (χ2n) is 4.00. The van der Waals surface area contributed by atoms with Crippen LogP contribution in [0.25, 0.3) is 0 Å². The third-order valence-electron chi connectivity index (χ3n) is 2.75. The molecular weight excluding hydrogens is 315 g/mol. The molecule has 0 unspecified atom stereocenters. The minimum Gasteiger partial charge on any atom is -0.324 e. The van der Waals surface area contributed by atoms with Crippen LogP contribution in [0.3, 0.4) is 0 Å². The molecule has 21 heavy (non-hydrogen) atoms. The van der Waals surface area contributed by atoms with Gasteiger partial charge in [0.15, 0.2) is 28.4 Å². The Bertz CT molecular complexity index is 659. The maximum absolute atomic E-state index is 13.5. The summed E-state index contributed by atoms with van der Waals surface area (Å²) in [7, 11) is 1.57. The van der Waals surface area contributed by atoms with E-state index >= 15 is 0 Å². The molecule has 2 N–H and O–H groups in total. The van der Waals surface area contributed by atoms with Gasteiger partial charge in [-0.2, -0.15) is 0 Å². The van der Waals surface area contributed by atoms with Gasteiger partial charge in [0.1, 0.15) is 5.82 Å². The van der Waals surface area contributed by atoms with Crippen molar-refractivity contribution in [2.45, 2.75) is 17.5 Å². The van der Waals surface area contributed by atoms with E-state index in [1.807, 2.05) is 0 Å². The van der Waals surface area contributed by atoms with E-state index in [4.69, 9.17) is 5.73 Å². The summed E-state index contributed by atoms with van der Waals surface area (Å²) < 4.78 is 67.4. The fraction of sp³-hybridized carbons (Fsp3) is 0.273. The van der Waals surface area contributed by atoms with Gasteiger partial charge in [-0.05, 0) is 0 Å². The first-order valence-corrected chi connectivity index (χ1v) is 6.58. The number of hydrogen-bond acceptors (Lipinski definition) is 4. The minimum atomic E-state index is -2.18. The lowest BCUT2D eigenvalue weighted by atomic mass is 10.2. The van der Waals surface area contributed by atoms with Gasteiger partial charge in [0.2, 0.25) is 5.82 Å². The smallest absolute Gasteiger partial charge is 0.200 e. The molecule has 0 aliphatic heterocycles. The van der Waals surface area contributed by atoms with Crippen molar-refractivity contribution in [3.05, 3.63) is 40.5 Å². The highest BCUT2D eigenvalue weighted by atomic mass is 32.2. The van der Waals surface area contributed by atoms with Crippen LogP contribution in [0.2, 0.25) is 0 Å². The molecule has 1 heterocycles. The molecule has 0 radical (unpaired) electrons. The number of benzene rings is 1. The van der Waals surface area contributed by atoms with Crippen LogP contribution in [0, 0.1) is 29.1 Å². The highest BCUT2D eigenvalue weighted by Gasteiger charge is 2.26. The summed E-state index contributed by atoms with van der Waals surface area (Å²) >= 11 is 0.786. The van der Waals surface area contributed by atoms with Gasteiger partial charge in [-0.15, -0.1) is 10.2 Å². The average molecular weight is 324 g/mol. The molecule has 0 fully saturated rings. The van der Waals surface area contributed by atoms with Crippen molar-refractivity contribution in [1.82, 2.24) is 14.8 Å². The Balaban J connectivity index is 2.30. The Morgan fingerprint density at radius 2 is 1.48 bits per heavy atom. The van der Waals surface area contributed by atoms with E-state index in [1.54, 1.807) is 7.05 Å². The summed E-state index contributed by atoms with van der Waals surface area (Å²) in [5.41, 5.74) is 4.47. The Kier molecular flexibility index (Phi) is 4.47. The maximum atomic E-state index is 13.5. The van der Waals surface area contributed by atoms with Crippen molar-refractivity contribution < 1.29 is 22.0 Å². The van der Waals surface area contributed by atoms with Crippen LogP contribution >= 0.6 is 11.8 Å². The molecule has 2 rings (SSSR count). The van der Waals surface area contributed by atoms with Gasteiger partial charge in [0.05, 0.1) is 6.54 Å². The Labute approximate surface area is 120 Å². The monoisotopic (exact) mass is 324 g/mol. The van der Waals surface area contributed by atoms with Gasteiger partial charge in [-0.1, -0.05) is 11.8 Å². The first kappa shape index (κ1) is 15.7. The standard InChI is InChI=1S/C11H9F5N4S/c1-20-5(2-17)18-19-11(20)21-3-4-6(12)8(14)10(16)9(15)7(4)13/h2-3,17H2,1H3. The van der Waals surface area contributed by atoms with Gasteiger partial charge in [-0.25, -0.2) is 22.0 Å². The number of thioether (sulfide) groups is 1. The highest BCUT2D eigenvalue weighted by molar-refractivity contribution is 7.98. The predicted molar refractivity (Wildman–Crippen MR) is 64.7 cm³/mol. The van der Waals surface area contributed by atoms with Gasteiger partial charge >= 0.3 is 0 Å². The minimum absolute atomic E-state index is 0.104. The van der Waals surface area contributed by atoms with Crippen LogP contribution in [0.15, 0.2) is 5.16 Å². The lowest BCUT2D eigenvalue weighted by molar-refractivity contribution is 0.372. The lowest BCUT2D eigenvalue weighted by Gasteiger charge is -2.07. The maximum Gasteiger partial charge on any atom is 0.200 e. The molecular formula is C11H9F5N4S. The van der Waals surface area contributed by atoms with Crippen molar-refractivity contribution in [2.24, 2.45) is 12.8 Å². The zero-order valence-electron chi connectivity index (χ0n) is 10.6. The van der Waals surface area contributed by atoms with Gasteiger partial charge in [0, 0.05) is 18.4 Å². The van der Waals surface area contributed by atoms with Crippen LogP contribution in [-0.4, -0.2) is 14.8 Å². The van der Waals surface area contributed by atoms with Gasteiger partial charge in [-0.3, -0.25) is 0 Å². The fourth-order valence-corrected chi connectivity index (χ4v) is 2.49. The third-order valence-corrected chi connectivity index (χ3v) is 3.80. The second kappa shape index (κ2) is 5.98. The van der Waals surface area contributed by atoms with Crippen molar-refractivity contribution in [2.75, 3.05) is 0 Å². The normalized spacial score (nSPS) is 11.2. The van der Waals surface area contributed by atoms with E-state index in [9.17, 15) is 22.0 Å². The molecule has 0 atom stereocenters. The van der Waals surface area contributed by atoms with E-state index < -0.39 is 40.4 Å². The molecule has 0 saturated carbocycles. The van der Waals surface area contributed by atoms with Crippen molar-refractivity contribution in [3.63, 3.8) is 0 Å². The van der Waals surface area contributed by atoms with Crippen molar-refractivity contribution in [3.8, 4) is 0 Å². The van der Waals surface area contributed by atoms with Crippen LogP contribution < -0.4 is 5.73 Å². The Morgan fingerprint density at radius 3 is 1.95 bits per heavy atom. The number of aromatic nitrogens is 3. The van der Waals surface area contributed by atoms with E-state index in [-0.39, 0.29) is 11.7 Å². The second-order valence-corrected chi connectivity index (χ2v) is 4.94. The van der Waals surface area contributed by atoms with Crippen LogP contribution in [0.4, 0.5) is 22.0 Å². The average Bonchev–Trinajstić information content (AvgIpc) is 2.83. The van der Waals surface area contributed by atoms with E-state index in [2.05, 4.69) is 10.2 Å². The first-order chi connectivity index (χ1) is 9.88. The Morgan fingerprint density at radius 1 is 0.952 bits per heavy atom. The quantitative estimate of drug-likeness (QED) is 0.406. The summed E-state index contributed by atoms with van der Waals surface area (Å²) in [4.78, 5) is 0. The molecule has 0 amide bonds. The van der Waals surface area contributed by atoms with E-state index in [1.165, 1.54) is 4.57 Å².